The summed E-state index contributed by atoms with van der Waals surface area (Å²) in [6.45, 7) is 8.65. The van der Waals surface area contributed by atoms with Crippen LogP contribution in [0.4, 0.5) is 0 Å². The molecule has 0 unspecified atom stereocenters. The monoisotopic (exact) mass is 554 g/mol. The fourth-order valence-electron chi connectivity index (χ4n) is 3.87. The van der Waals surface area contributed by atoms with Crippen LogP contribution in [0, 0.1) is 0 Å². The minimum absolute atomic E-state index is 0.0244. The van der Waals surface area contributed by atoms with Crippen LogP contribution in [0.5, 0.6) is 0 Å². The third kappa shape index (κ3) is 9.21. The molecule has 0 amide bonds. The van der Waals surface area contributed by atoms with E-state index in [0.29, 0.717) is 25.7 Å². The Morgan fingerprint density at radius 2 is 0.775 bits per heavy atom. The van der Waals surface area contributed by atoms with Gasteiger partial charge in [-0.1, -0.05) is 77.6 Å². The van der Waals surface area contributed by atoms with Gasteiger partial charge in [0.25, 0.3) is 0 Å². The van der Waals surface area contributed by atoms with Crippen molar-refractivity contribution in [3.05, 3.63) is 58.7 Å². The third-order valence-electron chi connectivity index (χ3n) is 6.19. The van der Waals surface area contributed by atoms with Crippen LogP contribution >= 0.6 is 0 Å². The van der Waals surface area contributed by atoms with E-state index in [0.717, 1.165) is 25.7 Å². The maximum atomic E-state index is 13.4. The fourth-order valence-corrected chi connectivity index (χ4v) is 3.87. The number of hydrogen-bond acceptors (Lipinski definition) is 8. The normalized spacial score (nSPS) is 10.6. The first-order valence-electron chi connectivity index (χ1n) is 14.4. The van der Waals surface area contributed by atoms with Crippen molar-refractivity contribution >= 4 is 23.9 Å². The van der Waals surface area contributed by atoms with E-state index in [2.05, 4.69) is 0 Å². The maximum absolute atomic E-state index is 13.4. The Balaban J connectivity index is 2.72. The highest BCUT2D eigenvalue weighted by Gasteiger charge is 2.29. The van der Waals surface area contributed by atoms with E-state index in [1.807, 2.05) is 27.7 Å². The molecule has 0 saturated heterocycles. The summed E-state index contributed by atoms with van der Waals surface area (Å²) in [5.74, 6) is -2.76. The molecule has 8 heteroatoms. The zero-order chi connectivity index (χ0) is 29.3. The Kier molecular flexibility index (Phi) is 14.5. The van der Waals surface area contributed by atoms with Gasteiger partial charge < -0.3 is 18.9 Å². The summed E-state index contributed by atoms with van der Waals surface area (Å²) < 4.78 is 21.9. The van der Waals surface area contributed by atoms with Crippen molar-refractivity contribution in [3.63, 3.8) is 0 Å². The van der Waals surface area contributed by atoms with Crippen LogP contribution in [0.1, 0.15) is 120 Å². The molecule has 0 bridgehead atoms. The van der Waals surface area contributed by atoms with Gasteiger partial charge >= 0.3 is 23.9 Å². The van der Waals surface area contributed by atoms with Crippen LogP contribution in [-0.4, -0.2) is 50.3 Å². The number of esters is 4. The van der Waals surface area contributed by atoms with Gasteiger partial charge in [0.1, 0.15) is 0 Å². The lowest BCUT2D eigenvalue weighted by atomic mass is 9.90. The first-order valence-corrected chi connectivity index (χ1v) is 14.4. The smallest absolute Gasteiger partial charge is 0.339 e. The average molecular weight is 555 g/mol. The Labute approximate surface area is 237 Å². The van der Waals surface area contributed by atoms with Crippen molar-refractivity contribution in [2.75, 3.05) is 26.4 Å². The number of benzene rings is 2. The summed E-state index contributed by atoms with van der Waals surface area (Å²) in [5.41, 5.74) is 0.514. The Morgan fingerprint density at radius 1 is 0.475 bits per heavy atom. The lowest BCUT2D eigenvalue weighted by Crippen LogP contribution is -2.19. The number of rotatable bonds is 17. The lowest BCUT2D eigenvalue weighted by molar-refractivity contribution is 0.0451. The van der Waals surface area contributed by atoms with Crippen molar-refractivity contribution in [1.82, 2.24) is 0 Å². The highest BCUT2D eigenvalue weighted by molar-refractivity contribution is 6.12. The lowest BCUT2D eigenvalue weighted by Gasteiger charge is -2.18. The van der Waals surface area contributed by atoms with E-state index in [1.54, 1.807) is 24.3 Å². The molecule has 2 aromatic carbocycles. The van der Waals surface area contributed by atoms with Crippen LogP contribution in [0.2, 0.25) is 0 Å². The van der Waals surface area contributed by atoms with Crippen molar-refractivity contribution in [2.45, 2.75) is 79.1 Å². The molecule has 40 heavy (non-hydrogen) atoms. The van der Waals surface area contributed by atoms with Gasteiger partial charge in [0.05, 0.1) is 48.7 Å². The van der Waals surface area contributed by atoms with Gasteiger partial charge in [-0.3, -0.25) is 0 Å². The van der Waals surface area contributed by atoms with Gasteiger partial charge in [0.2, 0.25) is 0 Å². The van der Waals surface area contributed by atoms with E-state index in [9.17, 15) is 19.2 Å². The average Bonchev–Trinajstić information content (AvgIpc) is 2.96. The van der Waals surface area contributed by atoms with Crippen LogP contribution in [0.25, 0.3) is 11.1 Å². The molecule has 218 valence electrons. The van der Waals surface area contributed by atoms with Crippen molar-refractivity contribution < 1.29 is 38.1 Å². The molecule has 0 aliphatic heterocycles. The minimum atomic E-state index is -0.715. The first-order chi connectivity index (χ1) is 19.4. The van der Waals surface area contributed by atoms with E-state index in [1.165, 1.54) is 12.1 Å². The number of unbranched alkanes of at least 4 members (excludes halogenated alkanes) is 4. The summed E-state index contributed by atoms with van der Waals surface area (Å²) in [7, 11) is 0. The van der Waals surface area contributed by atoms with Gasteiger partial charge in [-0.2, -0.15) is 0 Å². The summed E-state index contributed by atoms with van der Waals surface area (Å²) in [5, 5.41) is 0. The second-order valence-corrected chi connectivity index (χ2v) is 9.41. The first kappa shape index (κ1) is 32.5. The van der Waals surface area contributed by atoms with E-state index < -0.39 is 23.9 Å². The SMILES string of the molecule is CCCCOC(=O)c1cccc(-c2cccc(C(=O)OCCCC)c2C(=O)OCCCC)c1C(=O)OCCCC. The minimum Gasteiger partial charge on any atom is -0.462 e. The van der Waals surface area contributed by atoms with Gasteiger partial charge in [-0.15, -0.1) is 0 Å². The number of carbonyl (C=O) groups is 4. The zero-order valence-corrected chi connectivity index (χ0v) is 24.2. The van der Waals surface area contributed by atoms with E-state index >= 15 is 0 Å². The molecule has 0 radical (unpaired) electrons. The second kappa shape index (κ2) is 17.8. The van der Waals surface area contributed by atoms with Crippen LogP contribution in [-0.2, 0) is 18.9 Å². The van der Waals surface area contributed by atoms with Crippen LogP contribution in [0.15, 0.2) is 36.4 Å². The molecule has 0 aliphatic carbocycles. The number of ether oxygens (including phenoxy) is 4. The number of carbonyl (C=O) groups excluding carboxylic acids is 4. The Morgan fingerprint density at radius 3 is 1.07 bits per heavy atom. The quantitative estimate of drug-likeness (QED) is 0.115. The predicted octanol–water partition coefficient (Wildman–Crippen LogP) is 7.18. The molecular formula is C32H42O8. The Bertz CT molecular complexity index is 1050. The van der Waals surface area contributed by atoms with Gasteiger partial charge in [-0.05, 0) is 48.9 Å². The summed E-state index contributed by atoms with van der Waals surface area (Å²) in [4.78, 5) is 53.0. The predicted molar refractivity (Wildman–Crippen MR) is 153 cm³/mol. The van der Waals surface area contributed by atoms with Crippen LogP contribution in [0.3, 0.4) is 0 Å². The summed E-state index contributed by atoms with van der Waals surface area (Å²) in [6, 6.07) is 9.43. The van der Waals surface area contributed by atoms with Crippen LogP contribution < -0.4 is 0 Å². The molecular weight excluding hydrogens is 512 g/mol. The van der Waals surface area contributed by atoms with Gasteiger partial charge in [0.15, 0.2) is 0 Å². The molecule has 0 heterocycles. The standard InChI is InChI=1S/C32H42O8/c1-5-9-19-37-29(33)25-17-13-15-23(27(25)31(35)39-21-11-7-3)24-16-14-18-26(30(34)38-20-10-6-2)28(24)32(36)40-22-12-8-4/h13-18H,5-12,19-22H2,1-4H3. The largest absolute Gasteiger partial charge is 0.462 e. The van der Waals surface area contributed by atoms with Crippen molar-refractivity contribution in [3.8, 4) is 11.1 Å². The molecule has 0 spiro atoms. The molecule has 0 N–H and O–H groups in total. The third-order valence-corrected chi connectivity index (χ3v) is 6.19. The highest BCUT2D eigenvalue weighted by atomic mass is 16.5. The van der Waals surface area contributed by atoms with E-state index in [4.69, 9.17) is 18.9 Å². The van der Waals surface area contributed by atoms with Gasteiger partial charge in [-0.25, -0.2) is 19.2 Å². The number of hydrogen-bond donors (Lipinski definition) is 0. The molecule has 0 atom stereocenters. The van der Waals surface area contributed by atoms with Crippen molar-refractivity contribution in [1.29, 1.82) is 0 Å². The molecule has 0 aliphatic rings. The molecule has 8 nitrogen and oxygen atoms in total. The maximum Gasteiger partial charge on any atom is 0.339 e. The molecule has 0 aromatic heterocycles. The zero-order valence-electron chi connectivity index (χ0n) is 24.2. The summed E-state index contributed by atoms with van der Waals surface area (Å²) >= 11 is 0. The van der Waals surface area contributed by atoms with E-state index in [-0.39, 0.29) is 59.8 Å². The molecule has 2 rings (SSSR count). The summed E-state index contributed by atoms with van der Waals surface area (Å²) in [6.07, 6.45) is 5.97. The molecule has 0 fully saturated rings. The highest BCUT2D eigenvalue weighted by Crippen LogP contribution is 2.33. The second-order valence-electron chi connectivity index (χ2n) is 9.41. The molecule has 2 aromatic rings. The van der Waals surface area contributed by atoms with Crippen molar-refractivity contribution in [2.24, 2.45) is 0 Å². The molecule has 0 saturated carbocycles. The topological polar surface area (TPSA) is 105 Å². The Hall–Kier alpha value is -3.68. The van der Waals surface area contributed by atoms with Gasteiger partial charge in [0, 0.05) is 0 Å². The fraction of sp³-hybridized carbons (Fsp3) is 0.500.